The van der Waals surface area contributed by atoms with E-state index in [0.717, 1.165) is 0 Å². The second kappa shape index (κ2) is 6.16. The zero-order valence-electron chi connectivity index (χ0n) is 10.3. The molecule has 0 fully saturated rings. The molecule has 0 saturated heterocycles. The lowest BCUT2D eigenvalue weighted by Crippen LogP contribution is -2.11. The van der Waals surface area contributed by atoms with Crippen LogP contribution in [0, 0.1) is 11.3 Å². The third-order valence-electron chi connectivity index (χ3n) is 2.43. The van der Waals surface area contributed by atoms with E-state index in [9.17, 15) is 9.59 Å². The molecule has 0 aromatic heterocycles. The van der Waals surface area contributed by atoms with E-state index >= 15 is 0 Å². The molecule has 0 saturated carbocycles. The van der Waals surface area contributed by atoms with Crippen molar-refractivity contribution < 1.29 is 19.4 Å². The number of hydrogen-bond acceptors (Lipinski definition) is 5. The van der Waals surface area contributed by atoms with Crippen LogP contribution in [0.2, 0.25) is 0 Å². The van der Waals surface area contributed by atoms with Crippen LogP contribution in [0.15, 0.2) is 54.6 Å². The molecule has 98 valence electrons. The quantitative estimate of drug-likeness (QED) is 0.617. The highest BCUT2D eigenvalue weighted by atomic mass is 17.2. The molecule has 0 heterocycles. The molecule has 2 rings (SSSR count). The molecular formula is C15H9NO4. The van der Waals surface area contributed by atoms with Gasteiger partial charge in [0.25, 0.3) is 0 Å². The number of rotatable bonds is 2. The first kappa shape index (κ1) is 13.3. The summed E-state index contributed by atoms with van der Waals surface area (Å²) >= 11 is 0. The van der Waals surface area contributed by atoms with Crippen molar-refractivity contribution in [3.63, 3.8) is 0 Å². The van der Waals surface area contributed by atoms with E-state index < -0.39 is 11.9 Å². The van der Waals surface area contributed by atoms with E-state index in [1.807, 2.05) is 6.07 Å². The van der Waals surface area contributed by atoms with Gasteiger partial charge in [-0.1, -0.05) is 24.3 Å². The lowest BCUT2D eigenvalue weighted by atomic mass is 10.1. The first-order chi connectivity index (χ1) is 9.70. The van der Waals surface area contributed by atoms with Crippen molar-refractivity contribution in [2.45, 2.75) is 0 Å². The highest BCUT2D eigenvalue weighted by Gasteiger charge is 2.14. The Balaban J connectivity index is 1.99. The summed E-state index contributed by atoms with van der Waals surface area (Å²) < 4.78 is 0. The average Bonchev–Trinajstić information content (AvgIpc) is 2.53. The maximum absolute atomic E-state index is 11.6. The fourth-order valence-electron chi connectivity index (χ4n) is 1.46. The molecule has 0 aliphatic carbocycles. The van der Waals surface area contributed by atoms with Gasteiger partial charge in [-0.15, -0.1) is 0 Å². The highest BCUT2D eigenvalue weighted by molar-refractivity contribution is 5.92. The molecular weight excluding hydrogens is 258 g/mol. The van der Waals surface area contributed by atoms with Gasteiger partial charge in [-0.3, -0.25) is 0 Å². The Morgan fingerprint density at radius 3 is 2.10 bits per heavy atom. The van der Waals surface area contributed by atoms with Gasteiger partial charge in [0.2, 0.25) is 0 Å². The molecule has 0 unspecified atom stereocenters. The molecule has 5 nitrogen and oxygen atoms in total. The van der Waals surface area contributed by atoms with E-state index in [4.69, 9.17) is 5.26 Å². The van der Waals surface area contributed by atoms with E-state index in [1.165, 1.54) is 30.3 Å². The highest BCUT2D eigenvalue weighted by Crippen LogP contribution is 2.07. The van der Waals surface area contributed by atoms with E-state index in [-0.39, 0.29) is 11.1 Å². The molecule has 5 heteroatoms. The molecule has 0 aliphatic heterocycles. The molecule has 2 aromatic rings. The molecule has 0 aliphatic rings. The molecule has 0 atom stereocenters. The fraction of sp³-hybridized carbons (Fsp3) is 0. The summed E-state index contributed by atoms with van der Waals surface area (Å²) in [6, 6.07) is 15.9. The van der Waals surface area contributed by atoms with Crippen LogP contribution in [0.1, 0.15) is 26.3 Å². The Bertz CT molecular complexity index is 674. The third-order valence-corrected chi connectivity index (χ3v) is 2.43. The van der Waals surface area contributed by atoms with Gasteiger partial charge in [-0.2, -0.15) is 5.26 Å². The van der Waals surface area contributed by atoms with Crippen molar-refractivity contribution in [1.29, 1.82) is 5.26 Å². The summed E-state index contributed by atoms with van der Waals surface area (Å²) in [4.78, 5) is 32.1. The monoisotopic (exact) mass is 267 g/mol. The molecule has 0 bridgehead atoms. The van der Waals surface area contributed by atoms with Crippen molar-refractivity contribution in [3.8, 4) is 6.07 Å². The number of benzene rings is 2. The minimum absolute atomic E-state index is 0.130. The predicted molar refractivity (Wildman–Crippen MR) is 68.4 cm³/mol. The summed E-state index contributed by atoms with van der Waals surface area (Å²) in [5.74, 6) is -1.61. The zero-order valence-corrected chi connectivity index (χ0v) is 10.3. The van der Waals surface area contributed by atoms with Gasteiger partial charge >= 0.3 is 11.9 Å². The Hall–Kier alpha value is -3.13. The molecule has 0 amide bonds. The summed E-state index contributed by atoms with van der Waals surface area (Å²) in [6.45, 7) is 0. The van der Waals surface area contributed by atoms with Crippen molar-refractivity contribution >= 4 is 11.9 Å². The Morgan fingerprint density at radius 1 is 0.850 bits per heavy atom. The van der Waals surface area contributed by atoms with Crippen LogP contribution in [-0.2, 0) is 9.78 Å². The van der Waals surface area contributed by atoms with E-state index in [2.05, 4.69) is 9.78 Å². The van der Waals surface area contributed by atoms with Crippen LogP contribution in [-0.4, -0.2) is 11.9 Å². The van der Waals surface area contributed by atoms with Gasteiger partial charge < -0.3 is 0 Å². The lowest BCUT2D eigenvalue weighted by Gasteiger charge is -2.03. The predicted octanol–water partition coefficient (Wildman–Crippen LogP) is 2.49. The number of nitrogens with zero attached hydrogens (tertiary/aromatic N) is 1. The van der Waals surface area contributed by atoms with Gasteiger partial charge in [-0.25, -0.2) is 19.4 Å². The van der Waals surface area contributed by atoms with Crippen molar-refractivity contribution in [3.05, 3.63) is 71.3 Å². The first-order valence-corrected chi connectivity index (χ1v) is 5.69. The van der Waals surface area contributed by atoms with E-state index in [1.54, 1.807) is 24.3 Å². The van der Waals surface area contributed by atoms with Crippen LogP contribution in [0.3, 0.4) is 0 Å². The van der Waals surface area contributed by atoms with Crippen LogP contribution in [0.4, 0.5) is 0 Å². The lowest BCUT2D eigenvalue weighted by molar-refractivity contribution is -0.187. The normalized spacial score (nSPS) is 9.35. The summed E-state index contributed by atoms with van der Waals surface area (Å²) in [5.41, 5.74) is 0.713. The third kappa shape index (κ3) is 3.21. The second-order valence-electron chi connectivity index (χ2n) is 3.80. The van der Waals surface area contributed by atoms with Crippen molar-refractivity contribution in [2.75, 3.05) is 0 Å². The maximum atomic E-state index is 11.6. The summed E-state index contributed by atoms with van der Waals surface area (Å²) in [6.07, 6.45) is 0. The van der Waals surface area contributed by atoms with Crippen molar-refractivity contribution in [2.24, 2.45) is 0 Å². The standard InChI is InChI=1S/C15H9NO4/c16-10-11-5-4-8-13(9-11)15(18)20-19-14(17)12-6-2-1-3-7-12/h1-9H. The van der Waals surface area contributed by atoms with Crippen molar-refractivity contribution in [1.82, 2.24) is 0 Å². The van der Waals surface area contributed by atoms with Gasteiger partial charge in [0.15, 0.2) is 0 Å². The Morgan fingerprint density at radius 2 is 1.45 bits per heavy atom. The SMILES string of the molecule is N#Cc1cccc(C(=O)OOC(=O)c2ccccc2)c1. The number of carbonyl (C=O) groups excluding carboxylic acids is 2. The van der Waals surface area contributed by atoms with Gasteiger partial charge in [0, 0.05) is 0 Å². The molecule has 0 radical (unpaired) electrons. The maximum Gasteiger partial charge on any atom is 0.386 e. The Kier molecular flexibility index (Phi) is 4.10. The summed E-state index contributed by atoms with van der Waals surface area (Å²) in [7, 11) is 0. The second-order valence-corrected chi connectivity index (χ2v) is 3.80. The topological polar surface area (TPSA) is 76.4 Å². The number of nitriles is 1. The average molecular weight is 267 g/mol. The molecule has 20 heavy (non-hydrogen) atoms. The van der Waals surface area contributed by atoms with Crippen LogP contribution in [0.25, 0.3) is 0 Å². The van der Waals surface area contributed by atoms with Crippen LogP contribution < -0.4 is 0 Å². The van der Waals surface area contributed by atoms with E-state index in [0.29, 0.717) is 5.56 Å². The minimum atomic E-state index is -0.841. The van der Waals surface area contributed by atoms with Crippen LogP contribution in [0.5, 0.6) is 0 Å². The molecule has 2 aromatic carbocycles. The van der Waals surface area contributed by atoms with Gasteiger partial charge in [-0.05, 0) is 30.3 Å². The molecule has 0 N–H and O–H groups in total. The largest absolute Gasteiger partial charge is 0.386 e. The number of carbonyl (C=O) groups is 2. The first-order valence-electron chi connectivity index (χ1n) is 5.69. The summed E-state index contributed by atoms with van der Waals surface area (Å²) in [5, 5.41) is 8.72. The fourth-order valence-corrected chi connectivity index (χ4v) is 1.46. The van der Waals surface area contributed by atoms with Gasteiger partial charge in [0.05, 0.1) is 22.8 Å². The Labute approximate surface area is 114 Å². The minimum Gasteiger partial charge on any atom is -0.242 e. The zero-order chi connectivity index (χ0) is 14.4. The van der Waals surface area contributed by atoms with Gasteiger partial charge in [0.1, 0.15) is 0 Å². The molecule has 0 spiro atoms. The number of hydrogen-bond donors (Lipinski definition) is 0. The van der Waals surface area contributed by atoms with Crippen LogP contribution >= 0.6 is 0 Å². The smallest absolute Gasteiger partial charge is 0.242 e.